The molecule has 10 heteroatoms. The Morgan fingerprint density at radius 1 is 1.06 bits per heavy atom. The van der Waals surface area contributed by atoms with Crippen molar-refractivity contribution in [1.29, 1.82) is 0 Å². The second-order valence-electron chi connectivity index (χ2n) is 12.4. The molecule has 5 aromatic rings. The van der Waals surface area contributed by atoms with Crippen molar-refractivity contribution in [3.05, 3.63) is 83.3 Å². The molecule has 0 atom stereocenters. The van der Waals surface area contributed by atoms with Gasteiger partial charge in [0.2, 0.25) is 5.91 Å². The van der Waals surface area contributed by atoms with Crippen molar-refractivity contribution in [2.24, 2.45) is 7.05 Å². The van der Waals surface area contributed by atoms with Gasteiger partial charge in [-0.1, -0.05) is 61.5 Å². The van der Waals surface area contributed by atoms with Crippen LogP contribution in [0.1, 0.15) is 54.1 Å². The van der Waals surface area contributed by atoms with E-state index in [0.717, 1.165) is 68.5 Å². The fourth-order valence-electron chi connectivity index (χ4n) is 6.71. The normalized spacial score (nSPS) is 13.6. The molecule has 3 aromatic carbocycles. The largest absolute Gasteiger partial charge is 0.493 e. The number of para-hydroxylation sites is 1. The first-order valence-corrected chi connectivity index (χ1v) is 16.9. The van der Waals surface area contributed by atoms with Crippen molar-refractivity contribution in [3.63, 3.8) is 0 Å². The number of hydrogen-bond acceptors (Lipinski definition) is 7. The van der Waals surface area contributed by atoms with E-state index in [1.54, 1.807) is 0 Å². The average Bonchev–Trinajstić information content (AvgIpc) is 3.61. The summed E-state index contributed by atoms with van der Waals surface area (Å²) in [6.07, 6.45) is 2.36. The van der Waals surface area contributed by atoms with Crippen molar-refractivity contribution in [2.75, 3.05) is 46.6 Å². The standard InChI is InChI=1S/C38H45N5O5/c1-5-19-41(3)24-32-35(31(40-42(32)4)23-43-20-22-46-25-34(43)44)30-16-10-15-28-29(37(39-36(28)30)38(45)47-6-2)17-11-21-48-33-18-9-13-26-12-7-8-14-27(26)33/h7-10,12-16,18,39H,5-6,11,17,19-25H2,1-4H3. The molecule has 6 rings (SSSR count). The maximum absolute atomic E-state index is 13.4. The van der Waals surface area contributed by atoms with Gasteiger partial charge in [-0.25, -0.2) is 4.79 Å². The monoisotopic (exact) mass is 651 g/mol. The van der Waals surface area contributed by atoms with Gasteiger partial charge in [-0.3, -0.25) is 9.48 Å². The topological polar surface area (TPSA) is 102 Å². The lowest BCUT2D eigenvalue weighted by molar-refractivity contribution is -0.143. The van der Waals surface area contributed by atoms with Crippen LogP contribution in [0.25, 0.3) is 32.8 Å². The number of nitrogens with zero attached hydrogens (tertiary/aromatic N) is 4. The van der Waals surface area contributed by atoms with Gasteiger partial charge in [0.25, 0.3) is 0 Å². The highest BCUT2D eigenvalue weighted by atomic mass is 16.5. The van der Waals surface area contributed by atoms with E-state index >= 15 is 0 Å². The quantitative estimate of drug-likeness (QED) is 0.114. The summed E-state index contributed by atoms with van der Waals surface area (Å²) in [6.45, 7) is 7.86. The number of hydrogen-bond donors (Lipinski definition) is 1. The second kappa shape index (κ2) is 15.0. The minimum absolute atomic E-state index is 0.0433. The fraction of sp³-hybridized carbons (Fsp3) is 0.395. The molecule has 48 heavy (non-hydrogen) atoms. The van der Waals surface area contributed by atoms with E-state index in [1.807, 2.05) is 53.9 Å². The number of fused-ring (bicyclic) bond motifs is 2. The van der Waals surface area contributed by atoms with E-state index in [9.17, 15) is 9.59 Å². The third kappa shape index (κ3) is 6.95. The van der Waals surface area contributed by atoms with Crippen molar-refractivity contribution in [2.45, 2.75) is 46.2 Å². The first kappa shape index (κ1) is 33.2. The summed E-state index contributed by atoms with van der Waals surface area (Å²) < 4.78 is 19.1. The van der Waals surface area contributed by atoms with Gasteiger partial charge >= 0.3 is 5.97 Å². The Morgan fingerprint density at radius 3 is 2.67 bits per heavy atom. The molecule has 252 valence electrons. The zero-order chi connectivity index (χ0) is 33.6. The molecule has 0 radical (unpaired) electrons. The molecular weight excluding hydrogens is 606 g/mol. The molecule has 1 aliphatic rings. The van der Waals surface area contributed by atoms with Crippen LogP contribution in [0.4, 0.5) is 0 Å². The molecular formula is C38H45N5O5. The van der Waals surface area contributed by atoms with Crippen molar-refractivity contribution in [1.82, 2.24) is 24.6 Å². The van der Waals surface area contributed by atoms with Crippen LogP contribution in [-0.2, 0) is 40.8 Å². The van der Waals surface area contributed by atoms with Crippen LogP contribution in [-0.4, -0.2) is 83.0 Å². The highest BCUT2D eigenvalue weighted by molar-refractivity contribution is 6.04. The van der Waals surface area contributed by atoms with Gasteiger partial charge in [0, 0.05) is 42.0 Å². The number of esters is 1. The summed E-state index contributed by atoms with van der Waals surface area (Å²) in [4.78, 5) is 33.7. The maximum Gasteiger partial charge on any atom is 0.355 e. The first-order chi connectivity index (χ1) is 23.4. The van der Waals surface area contributed by atoms with Gasteiger partial charge < -0.3 is 29.0 Å². The van der Waals surface area contributed by atoms with Gasteiger partial charge in [0.1, 0.15) is 18.1 Å². The van der Waals surface area contributed by atoms with E-state index in [1.165, 1.54) is 0 Å². The maximum atomic E-state index is 13.4. The number of nitrogens with one attached hydrogen (secondary N) is 1. The lowest BCUT2D eigenvalue weighted by Gasteiger charge is -2.26. The summed E-state index contributed by atoms with van der Waals surface area (Å²) in [6, 6.07) is 20.4. The van der Waals surface area contributed by atoms with Crippen LogP contribution < -0.4 is 4.74 Å². The number of benzene rings is 3. The Hall–Kier alpha value is -4.67. The third-order valence-electron chi connectivity index (χ3n) is 8.96. The Morgan fingerprint density at radius 2 is 1.85 bits per heavy atom. The van der Waals surface area contributed by atoms with Crippen molar-refractivity contribution in [3.8, 4) is 16.9 Å². The number of aryl methyl sites for hydroxylation is 2. The van der Waals surface area contributed by atoms with Crippen LogP contribution in [0.5, 0.6) is 5.75 Å². The minimum atomic E-state index is -0.377. The van der Waals surface area contributed by atoms with Crippen molar-refractivity contribution < 1.29 is 23.8 Å². The van der Waals surface area contributed by atoms with E-state index in [-0.39, 0.29) is 25.1 Å². The zero-order valence-electron chi connectivity index (χ0n) is 28.4. The molecule has 1 saturated heterocycles. The Bertz CT molecular complexity index is 1910. The van der Waals surface area contributed by atoms with Crippen LogP contribution in [0, 0.1) is 0 Å². The molecule has 1 N–H and O–H groups in total. The Labute approximate surface area is 281 Å². The molecule has 1 aliphatic heterocycles. The van der Waals surface area contributed by atoms with Gasteiger partial charge in [-0.15, -0.1) is 0 Å². The van der Waals surface area contributed by atoms with Crippen molar-refractivity contribution >= 4 is 33.6 Å². The number of rotatable bonds is 14. The molecule has 0 bridgehead atoms. The summed E-state index contributed by atoms with van der Waals surface area (Å²) in [5.74, 6) is 0.430. The zero-order valence-corrected chi connectivity index (χ0v) is 28.4. The van der Waals surface area contributed by atoms with E-state index in [2.05, 4.69) is 54.2 Å². The van der Waals surface area contributed by atoms with Crippen LogP contribution >= 0.6 is 0 Å². The van der Waals surface area contributed by atoms with E-state index in [4.69, 9.17) is 19.3 Å². The van der Waals surface area contributed by atoms with Crippen LogP contribution in [0.3, 0.4) is 0 Å². The molecule has 1 fully saturated rings. The minimum Gasteiger partial charge on any atom is -0.493 e. The summed E-state index contributed by atoms with van der Waals surface area (Å²) in [5, 5.41) is 8.15. The van der Waals surface area contributed by atoms with E-state index in [0.29, 0.717) is 51.4 Å². The van der Waals surface area contributed by atoms with Crippen LogP contribution in [0.15, 0.2) is 60.7 Å². The SMILES string of the molecule is CCCN(C)Cc1c(-c2cccc3c(CCCOc4cccc5ccccc45)c(C(=O)OCC)[nH]c23)c(CN2CCOCC2=O)nn1C. The third-order valence-corrected chi connectivity index (χ3v) is 8.96. The number of carbonyl (C=O) groups is 2. The molecule has 0 spiro atoms. The lowest BCUT2D eigenvalue weighted by Crippen LogP contribution is -2.41. The number of aromatic amines is 1. The van der Waals surface area contributed by atoms with Gasteiger partial charge in [0.05, 0.1) is 43.3 Å². The van der Waals surface area contributed by atoms with Gasteiger partial charge in [-0.2, -0.15) is 5.10 Å². The Kier molecular flexibility index (Phi) is 10.4. The summed E-state index contributed by atoms with van der Waals surface area (Å²) in [7, 11) is 4.07. The Balaban J connectivity index is 1.37. The average molecular weight is 652 g/mol. The number of amides is 1. The molecule has 0 saturated carbocycles. The highest BCUT2D eigenvalue weighted by Crippen LogP contribution is 2.37. The predicted molar refractivity (Wildman–Crippen MR) is 187 cm³/mol. The smallest absolute Gasteiger partial charge is 0.355 e. The highest BCUT2D eigenvalue weighted by Gasteiger charge is 2.28. The van der Waals surface area contributed by atoms with E-state index < -0.39 is 0 Å². The lowest BCUT2D eigenvalue weighted by atomic mass is 9.97. The van der Waals surface area contributed by atoms with Gasteiger partial charge in [-0.05, 0) is 56.8 Å². The molecule has 0 unspecified atom stereocenters. The molecule has 3 heterocycles. The summed E-state index contributed by atoms with van der Waals surface area (Å²) >= 11 is 0. The number of H-pyrrole nitrogens is 1. The number of ether oxygens (including phenoxy) is 3. The van der Waals surface area contributed by atoms with Crippen LogP contribution in [0.2, 0.25) is 0 Å². The molecule has 1 amide bonds. The molecule has 2 aromatic heterocycles. The predicted octanol–water partition coefficient (Wildman–Crippen LogP) is 6.11. The fourth-order valence-corrected chi connectivity index (χ4v) is 6.71. The molecule has 0 aliphatic carbocycles. The second-order valence-corrected chi connectivity index (χ2v) is 12.4. The summed E-state index contributed by atoms with van der Waals surface area (Å²) in [5.41, 5.74) is 6.01. The first-order valence-electron chi connectivity index (χ1n) is 16.9. The molecule has 10 nitrogen and oxygen atoms in total. The number of carbonyl (C=O) groups excluding carboxylic acids is 2. The van der Waals surface area contributed by atoms with Gasteiger partial charge in [0.15, 0.2) is 0 Å². The number of aromatic nitrogens is 3. The number of morpholine rings is 1.